The quantitative estimate of drug-likeness (QED) is 0.136. The number of nitrogens with zero attached hydrogens (tertiary/aromatic N) is 4. The Morgan fingerprint density at radius 1 is 1.11 bits per heavy atom. The number of carbonyl (C=O) groups excluding carboxylic acids is 1. The Morgan fingerprint density at radius 3 is 2.48 bits per heavy atom. The Balaban J connectivity index is 1.39. The molecule has 44 heavy (non-hydrogen) atoms. The van der Waals surface area contributed by atoms with E-state index in [1.165, 1.54) is 24.3 Å². The highest BCUT2D eigenvalue weighted by molar-refractivity contribution is 7.98. The minimum Gasteiger partial charge on any atom is -0.291 e. The zero-order valence-corrected chi connectivity index (χ0v) is 25.0. The van der Waals surface area contributed by atoms with Gasteiger partial charge < -0.3 is 0 Å². The summed E-state index contributed by atoms with van der Waals surface area (Å²) in [4.78, 5) is 19.1. The minimum absolute atomic E-state index is 0.157. The first kappa shape index (κ1) is 30.0. The predicted molar refractivity (Wildman–Crippen MR) is 161 cm³/mol. The van der Waals surface area contributed by atoms with Crippen molar-refractivity contribution in [2.75, 3.05) is 7.05 Å². The summed E-state index contributed by atoms with van der Waals surface area (Å²) in [5.74, 6) is 3.43. The van der Waals surface area contributed by atoms with Crippen molar-refractivity contribution < 1.29 is 26.6 Å². The van der Waals surface area contributed by atoms with Gasteiger partial charge in [0, 0.05) is 17.1 Å². The Kier molecular flexibility index (Phi) is 7.36. The van der Waals surface area contributed by atoms with Gasteiger partial charge in [-0.2, -0.15) is 18.3 Å². The van der Waals surface area contributed by atoms with Crippen LogP contribution in [0.5, 0.6) is 0 Å². The number of carbonyl (C=O) groups is 1. The first-order valence-corrected chi connectivity index (χ1v) is 15.8. The molecule has 0 saturated heterocycles. The van der Waals surface area contributed by atoms with E-state index in [1.54, 1.807) is 46.6 Å². The average Bonchev–Trinajstić information content (AvgIpc) is 3.41. The minimum atomic E-state index is -4.51. The van der Waals surface area contributed by atoms with Crippen molar-refractivity contribution in [3.63, 3.8) is 0 Å². The van der Waals surface area contributed by atoms with Gasteiger partial charge in [-0.1, -0.05) is 5.57 Å². The van der Waals surface area contributed by atoms with E-state index in [-0.39, 0.29) is 22.5 Å². The van der Waals surface area contributed by atoms with Crippen molar-refractivity contribution in [1.82, 2.24) is 19.1 Å². The van der Waals surface area contributed by atoms with Crippen LogP contribution in [0.25, 0.3) is 11.8 Å². The molecule has 228 valence electrons. The number of hydrogen-bond donors (Lipinski definition) is 0. The van der Waals surface area contributed by atoms with Gasteiger partial charge in [0.15, 0.2) is 5.78 Å². The summed E-state index contributed by atoms with van der Waals surface area (Å²) in [6.07, 6.45) is 2.46. The van der Waals surface area contributed by atoms with Crippen LogP contribution in [0.1, 0.15) is 52.1 Å². The fourth-order valence-corrected chi connectivity index (χ4v) is 7.91. The van der Waals surface area contributed by atoms with E-state index >= 15 is 0 Å². The predicted octanol–water partition coefficient (Wildman–Crippen LogP) is 6.72. The van der Waals surface area contributed by atoms with Crippen LogP contribution in [0.3, 0.4) is 0 Å². The first-order valence-electron chi connectivity index (χ1n) is 14.1. The zero-order chi connectivity index (χ0) is 31.4. The van der Waals surface area contributed by atoms with Crippen molar-refractivity contribution in [2.45, 2.75) is 49.7 Å². The number of rotatable bonds is 6. The van der Waals surface area contributed by atoms with Gasteiger partial charge in [-0.3, -0.25) is 9.78 Å². The molecule has 2 aromatic carbocycles. The first-order chi connectivity index (χ1) is 20.8. The van der Waals surface area contributed by atoms with E-state index in [1.807, 2.05) is 19.1 Å². The summed E-state index contributed by atoms with van der Waals surface area (Å²) in [6, 6.07) is 13.4. The van der Waals surface area contributed by atoms with Crippen LogP contribution in [0.15, 0.2) is 83.5 Å². The van der Waals surface area contributed by atoms with Crippen LogP contribution < -0.4 is 0 Å². The topological polar surface area (TPSA) is 68.1 Å². The molecule has 1 saturated carbocycles. The number of halogens is 4. The third-order valence-electron chi connectivity index (χ3n) is 8.82. The van der Waals surface area contributed by atoms with E-state index < -0.39 is 26.9 Å². The van der Waals surface area contributed by atoms with Gasteiger partial charge in [0.05, 0.1) is 38.3 Å². The number of Topliss-reactive ketones (excluding diaryl/α,β-unsaturated/α-hetero) is 1. The molecule has 3 atom stereocenters. The van der Waals surface area contributed by atoms with Crippen LogP contribution in [-0.2, 0) is 22.3 Å². The second-order valence-electron chi connectivity index (χ2n) is 11.5. The zero-order valence-electron chi connectivity index (χ0n) is 24.1. The molecule has 2 aromatic heterocycles. The van der Waals surface area contributed by atoms with Crippen LogP contribution in [0.2, 0.25) is 0 Å². The van der Waals surface area contributed by atoms with Crippen molar-refractivity contribution in [3.8, 4) is 5.69 Å². The Morgan fingerprint density at radius 2 is 1.82 bits per heavy atom. The molecular weight excluding hydrogens is 592 g/mol. The molecule has 0 bridgehead atoms. The largest absolute Gasteiger partial charge is 0.416 e. The second kappa shape index (κ2) is 10.8. The lowest BCUT2D eigenvalue weighted by Gasteiger charge is -2.46. The molecular formula is C33H30F4N4O2S. The summed E-state index contributed by atoms with van der Waals surface area (Å²) in [5, 5.41) is 4.57. The molecule has 1 unspecified atom stereocenters. The van der Waals surface area contributed by atoms with Crippen molar-refractivity contribution in [2.24, 2.45) is 5.41 Å². The van der Waals surface area contributed by atoms with Crippen molar-refractivity contribution in [3.05, 3.63) is 113 Å². The molecule has 0 N–H and O–H groups in total. The summed E-state index contributed by atoms with van der Waals surface area (Å²) >= 11 is 0. The third kappa shape index (κ3) is 5.17. The highest BCUT2D eigenvalue weighted by Gasteiger charge is 2.50. The monoisotopic (exact) mass is 622 g/mol. The fraction of sp³-hybridized carbons (Fsp3) is 0.273. The van der Waals surface area contributed by atoms with Crippen molar-refractivity contribution in [1.29, 1.82) is 0 Å². The number of pyridine rings is 1. The number of aromatic nitrogens is 3. The number of ketones is 1. The molecule has 2 aliphatic carbocycles. The molecule has 2 aliphatic rings. The highest BCUT2D eigenvalue weighted by atomic mass is 32.2. The van der Waals surface area contributed by atoms with E-state index in [9.17, 15) is 26.6 Å². The molecule has 11 heteroatoms. The van der Waals surface area contributed by atoms with E-state index in [0.29, 0.717) is 37.1 Å². The van der Waals surface area contributed by atoms with Crippen LogP contribution in [-0.4, -0.2) is 48.0 Å². The van der Waals surface area contributed by atoms with Gasteiger partial charge >= 0.3 is 6.18 Å². The lowest BCUT2D eigenvalue weighted by Crippen LogP contribution is -2.49. The van der Waals surface area contributed by atoms with Crippen LogP contribution in [0, 0.1) is 18.2 Å². The molecule has 0 aliphatic heterocycles. The normalized spacial score (nSPS) is 21.2. The van der Waals surface area contributed by atoms with Crippen LogP contribution >= 0.6 is 0 Å². The number of aryl methyl sites for hydroxylation is 1. The van der Waals surface area contributed by atoms with Crippen LogP contribution in [0.4, 0.5) is 17.6 Å². The number of benzene rings is 2. The van der Waals surface area contributed by atoms with Gasteiger partial charge in [-0.15, -0.1) is 0 Å². The maximum absolute atomic E-state index is 14.5. The summed E-state index contributed by atoms with van der Waals surface area (Å²) in [5.41, 5.74) is 2.59. The van der Waals surface area contributed by atoms with E-state index in [2.05, 4.69) is 16.0 Å². The lowest BCUT2D eigenvalue weighted by atomic mass is 9.60. The van der Waals surface area contributed by atoms with Gasteiger partial charge in [0.2, 0.25) is 0 Å². The standard InChI is InChI=1S/C33H30F4N4O2S/c1-21-14-15-38-29(16-21)31(42)32-18-22-20-39-41(26-10-7-25(34)8-11-26)30(22)17-24(32)4-9-27(19-32)40(2)44(3,43)28-12-5-23(6-13-28)33(35,36)37/h5-8,10-17,20,27H,3-4,9,18-19H2,1-2H3/t27-,32-,44?/m0/s1. The average molecular weight is 623 g/mol. The van der Waals surface area contributed by atoms with Gasteiger partial charge in [0.25, 0.3) is 0 Å². The molecule has 0 amide bonds. The van der Waals surface area contributed by atoms with Gasteiger partial charge in [0.1, 0.15) is 11.5 Å². The summed E-state index contributed by atoms with van der Waals surface area (Å²) < 4.78 is 70.5. The third-order valence-corrected chi connectivity index (χ3v) is 11.1. The number of allylic oxidation sites excluding steroid dienone is 1. The molecule has 6 nitrogen and oxygen atoms in total. The number of fused-ring (bicyclic) bond motifs is 2. The maximum atomic E-state index is 14.5. The van der Waals surface area contributed by atoms with Gasteiger partial charge in [-0.05, 0) is 123 Å². The Labute approximate surface area is 253 Å². The van der Waals surface area contributed by atoms with E-state index in [0.717, 1.165) is 34.5 Å². The second-order valence-corrected chi connectivity index (χ2v) is 13.9. The Bertz CT molecular complexity index is 1880. The molecule has 4 aromatic rings. The van der Waals surface area contributed by atoms with Gasteiger partial charge in [-0.25, -0.2) is 17.6 Å². The van der Waals surface area contributed by atoms with E-state index in [4.69, 9.17) is 0 Å². The summed E-state index contributed by atoms with van der Waals surface area (Å²) in [7, 11) is -1.54. The van der Waals surface area contributed by atoms with Crippen molar-refractivity contribution >= 4 is 27.4 Å². The molecule has 1 fully saturated rings. The molecule has 0 spiro atoms. The number of hydrogen-bond acceptors (Lipinski definition) is 4. The number of alkyl halides is 3. The lowest BCUT2D eigenvalue weighted by molar-refractivity contribution is -0.137. The molecule has 6 rings (SSSR count). The smallest absolute Gasteiger partial charge is 0.291 e. The SMILES string of the molecule is C=S(=O)(c1ccc(C(F)(F)F)cc1)N(C)[C@H]1CCC2=Cc3c(cnn3-c3ccc(F)cc3)C[C@]2(C(=O)c2cc(C)ccn2)C1. The maximum Gasteiger partial charge on any atom is 0.416 e. The summed E-state index contributed by atoms with van der Waals surface area (Å²) in [6.45, 7) is 1.89. The Hall–Kier alpha value is -4.09. The molecule has 2 heterocycles. The highest BCUT2D eigenvalue weighted by Crippen LogP contribution is 2.51. The fourth-order valence-electron chi connectivity index (χ4n) is 6.35. The molecule has 0 radical (unpaired) electrons.